The Balaban J connectivity index is 1.55. The zero-order valence-corrected chi connectivity index (χ0v) is 14.9. The van der Waals surface area contributed by atoms with Gasteiger partial charge >= 0.3 is 0 Å². The Labute approximate surface area is 145 Å². The Bertz CT molecular complexity index is 532. The molecule has 132 valence electrons. The molecule has 3 atom stereocenters. The van der Waals surface area contributed by atoms with E-state index in [1.165, 1.54) is 5.56 Å². The van der Waals surface area contributed by atoms with E-state index in [2.05, 4.69) is 48.3 Å². The van der Waals surface area contributed by atoms with Crippen molar-refractivity contribution >= 4 is 5.91 Å². The SMILES string of the molecule is CC(C)C1CC(NC(=O)C2CCCN2Cc2ccccc2)CCO1. The van der Waals surface area contributed by atoms with Crippen molar-refractivity contribution in [1.29, 1.82) is 0 Å². The lowest BCUT2D eigenvalue weighted by molar-refractivity contribution is -0.127. The van der Waals surface area contributed by atoms with Crippen molar-refractivity contribution in [1.82, 2.24) is 10.2 Å². The first kappa shape index (κ1) is 17.4. The fourth-order valence-electron chi connectivity index (χ4n) is 3.85. The molecular formula is C20H30N2O2. The first-order valence-corrected chi connectivity index (χ1v) is 9.33. The number of rotatable bonds is 5. The largest absolute Gasteiger partial charge is 0.378 e. The lowest BCUT2D eigenvalue weighted by atomic mass is 9.95. The highest BCUT2D eigenvalue weighted by atomic mass is 16.5. The maximum atomic E-state index is 12.8. The summed E-state index contributed by atoms with van der Waals surface area (Å²) >= 11 is 0. The van der Waals surface area contributed by atoms with Crippen molar-refractivity contribution in [3.63, 3.8) is 0 Å². The number of nitrogens with zero attached hydrogens (tertiary/aromatic N) is 1. The van der Waals surface area contributed by atoms with Crippen LogP contribution in [0, 0.1) is 5.92 Å². The second kappa shape index (κ2) is 8.13. The minimum absolute atomic E-state index is 0.0190. The van der Waals surface area contributed by atoms with Gasteiger partial charge in [-0.1, -0.05) is 44.2 Å². The molecule has 1 aromatic rings. The van der Waals surface area contributed by atoms with Gasteiger partial charge in [-0.3, -0.25) is 9.69 Å². The van der Waals surface area contributed by atoms with E-state index >= 15 is 0 Å². The average molecular weight is 330 g/mol. The van der Waals surface area contributed by atoms with Crippen molar-refractivity contribution in [3.8, 4) is 0 Å². The second-order valence-corrected chi connectivity index (χ2v) is 7.50. The molecule has 0 spiro atoms. The number of hydrogen-bond acceptors (Lipinski definition) is 3. The van der Waals surface area contributed by atoms with E-state index in [-0.39, 0.29) is 24.1 Å². The van der Waals surface area contributed by atoms with Crippen LogP contribution in [0.1, 0.15) is 45.1 Å². The highest BCUT2D eigenvalue weighted by Crippen LogP contribution is 2.23. The van der Waals surface area contributed by atoms with Gasteiger partial charge in [-0.2, -0.15) is 0 Å². The summed E-state index contributed by atoms with van der Waals surface area (Å²) in [6.07, 6.45) is 4.21. The fraction of sp³-hybridized carbons (Fsp3) is 0.650. The van der Waals surface area contributed by atoms with Crippen molar-refractivity contribution in [2.75, 3.05) is 13.2 Å². The van der Waals surface area contributed by atoms with Crippen LogP contribution in [-0.2, 0) is 16.1 Å². The van der Waals surface area contributed by atoms with Crippen LogP contribution in [0.5, 0.6) is 0 Å². The third-order valence-electron chi connectivity index (χ3n) is 5.30. The van der Waals surface area contributed by atoms with Gasteiger partial charge in [0.05, 0.1) is 12.1 Å². The van der Waals surface area contributed by atoms with Gasteiger partial charge in [-0.25, -0.2) is 0 Å². The third kappa shape index (κ3) is 4.37. The molecule has 1 amide bonds. The van der Waals surface area contributed by atoms with Gasteiger partial charge < -0.3 is 10.1 Å². The van der Waals surface area contributed by atoms with Gasteiger partial charge in [0.25, 0.3) is 0 Å². The second-order valence-electron chi connectivity index (χ2n) is 7.50. The summed E-state index contributed by atoms with van der Waals surface area (Å²) in [4.78, 5) is 15.1. The van der Waals surface area contributed by atoms with Crippen molar-refractivity contribution < 1.29 is 9.53 Å². The molecular weight excluding hydrogens is 300 g/mol. The zero-order chi connectivity index (χ0) is 16.9. The number of carbonyl (C=O) groups excluding carboxylic acids is 1. The molecule has 2 aliphatic heterocycles. The van der Waals surface area contributed by atoms with Crippen LogP contribution in [-0.4, -0.2) is 42.1 Å². The van der Waals surface area contributed by atoms with Crippen molar-refractivity contribution in [2.24, 2.45) is 5.92 Å². The minimum Gasteiger partial charge on any atom is -0.378 e. The van der Waals surface area contributed by atoms with Crippen LogP contribution >= 0.6 is 0 Å². The van der Waals surface area contributed by atoms with Crippen LogP contribution in [0.4, 0.5) is 0 Å². The summed E-state index contributed by atoms with van der Waals surface area (Å²) in [5, 5.41) is 3.30. The van der Waals surface area contributed by atoms with E-state index < -0.39 is 0 Å². The average Bonchev–Trinajstić information content (AvgIpc) is 3.04. The van der Waals surface area contributed by atoms with E-state index in [4.69, 9.17) is 4.74 Å². The van der Waals surface area contributed by atoms with Crippen LogP contribution in [0.3, 0.4) is 0 Å². The van der Waals surface area contributed by atoms with Gasteiger partial charge in [-0.15, -0.1) is 0 Å². The molecule has 0 aliphatic carbocycles. The molecule has 4 nitrogen and oxygen atoms in total. The zero-order valence-electron chi connectivity index (χ0n) is 14.9. The summed E-state index contributed by atoms with van der Waals surface area (Å²) in [6, 6.07) is 10.7. The standard InChI is InChI=1S/C20H30N2O2/c1-15(2)19-13-17(10-12-24-19)21-20(23)18-9-6-11-22(18)14-16-7-4-3-5-8-16/h3-5,7-8,15,17-19H,6,9-14H2,1-2H3,(H,21,23). The maximum Gasteiger partial charge on any atom is 0.237 e. The molecule has 3 rings (SSSR count). The van der Waals surface area contributed by atoms with E-state index in [0.717, 1.165) is 45.4 Å². The van der Waals surface area contributed by atoms with Gasteiger partial charge in [0.1, 0.15) is 0 Å². The number of hydrogen-bond donors (Lipinski definition) is 1. The Hall–Kier alpha value is -1.39. The highest BCUT2D eigenvalue weighted by Gasteiger charge is 2.33. The molecule has 0 bridgehead atoms. The number of benzene rings is 1. The maximum absolute atomic E-state index is 12.8. The Morgan fingerprint density at radius 3 is 2.83 bits per heavy atom. The first-order chi connectivity index (χ1) is 11.6. The minimum atomic E-state index is 0.0190. The summed E-state index contributed by atoms with van der Waals surface area (Å²) in [5.41, 5.74) is 1.28. The lowest BCUT2D eigenvalue weighted by Gasteiger charge is -2.33. The Morgan fingerprint density at radius 1 is 1.29 bits per heavy atom. The molecule has 1 aromatic carbocycles. The molecule has 2 saturated heterocycles. The van der Waals surface area contributed by atoms with Crippen molar-refractivity contribution in [3.05, 3.63) is 35.9 Å². The highest BCUT2D eigenvalue weighted by molar-refractivity contribution is 5.82. The summed E-state index contributed by atoms with van der Waals surface area (Å²) in [5.74, 6) is 0.712. The molecule has 3 unspecified atom stereocenters. The van der Waals surface area contributed by atoms with Gasteiger partial charge in [-0.05, 0) is 43.7 Å². The molecule has 2 fully saturated rings. The van der Waals surface area contributed by atoms with Gasteiger partial charge in [0.15, 0.2) is 0 Å². The molecule has 4 heteroatoms. The monoisotopic (exact) mass is 330 g/mol. The van der Waals surface area contributed by atoms with E-state index in [1.807, 2.05) is 6.07 Å². The number of nitrogens with one attached hydrogen (secondary N) is 1. The first-order valence-electron chi connectivity index (χ1n) is 9.33. The van der Waals surface area contributed by atoms with E-state index in [0.29, 0.717) is 5.92 Å². The number of ether oxygens (including phenoxy) is 1. The summed E-state index contributed by atoms with van der Waals surface area (Å²) in [7, 11) is 0. The molecule has 24 heavy (non-hydrogen) atoms. The van der Waals surface area contributed by atoms with Gasteiger partial charge in [0.2, 0.25) is 5.91 Å². The lowest BCUT2D eigenvalue weighted by Crippen LogP contribution is -2.49. The molecule has 1 N–H and O–H groups in total. The van der Waals surface area contributed by atoms with Crippen LogP contribution < -0.4 is 5.32 Å². The quantitative estimate of drug-likeness (QED) is 0.902. The molecule has 2 aliphatic rings. The summed E-state index contributed by atoms with van der Waals surface area (Å²) < 4.78 is 5.82. The smallest absolute Gasteiger partial charge is 0.237 e. The summed E-state index contributed by atoms with van der Waals surface area (Å²) in [6.45, 7) is 7.00. The predicted octanol–water partition coefficient (Wildman–Crippen LogP) is 2.97. The van der Waals surface area contributed by atoms with Crippen molar-refractivity contribution in [2.45, 2.75) is 64.3 Å². The fourth-order valence-corrected chi connectivity index (χ4v) is 3.85. The van der Waals surface area contributed by atoms with Gasteiger partial charge in [0, 0.05) is 19.2 Å². The Morgan fingerprint density at radius 2 is 2.08 bits per heavy atom. The van der Waals surface area contributed by atoms with E-state index in [1.54, 1.807) is 0 Å². The molecule has 0 saturated carbocycles. The Kier molecular flexibility index (Phi) is 5.90. The molecule has 0 radical (unpaired) electrons. The van der Waals surface area contributed by atoms with Crippen LogP contribution in [0.15, 0.2) is 30.3 Å². The van der Waals surface area contributed by atoms with Crippen LogP contribution in [0.25, 0.3) is 0 Å². The predicted molar refractivity (Wildman–Crippen MR) is 95.6 cm³/mol. The topological polar surface area (TPSA) is 41.6 Å². The third-order valence-corrected chi connectivity index (χ3v) is 5.30. The molecule has 0 aromatic heterocycles. The van der Waals surface area contributed by atoms with E-state index in [9.17, 15) is 4.79 Å². The molecule has 2 heterocycles. The number of amides is 1. The number of carbonyl (C=O) groups is 1. The van der Waals surface area contributed by atoms with Crippen LogP contribution in [0.2, 0.25) is 0 Å². The normalized spacial score (nSPS) is 28.2. The number of likely N-dealkylation sites (tertiary alicyclic amines) is 1.